The molecule has 2 rings (SSSR count). The van der Waals surface area contributed by atoms with Crippen LogP contribution in [0.5, 0.6) is 0 Å². The highest BCUT2D eigenvalue weighted by molar-refractivity contribution is 5.57. The second kappa shape index (κ2) is 9.33. The monoisotopic (exact) mass is 368 g/mol. The van der Waals surface area contributed by atoms with Crippen molar-refractivity contribution in [3.8, 4) is 0 Å². The maximum atomic E-state index is 5.89. The van der Waals surface area contributed by atoms with Crippen LogP contribution in [-0.4, -0.2) is 44.3 Å². The lowest BCUT2D eigenvalue weighted by atomic mass is 10.2. The number of nitrogens with two attached hydrogens (primary N) is 2. The molecule has 0 saturated carbocycles. The molecule has 0 atom stereocenters. The normalized spacial score (nSPS) is 11.2. The van der Waals surface area contributed by atoms with Crippen molar-refractivity contribution in [3.05, 3.63) is 60.2 Å². The zero-order valence-electron chi connectivity index (χ0n) is 16.9. The molecule has 0 radical (unpaired) electrons. The summed E-state index contributed by atoms with van der Waals surface area (Å²) in [4.78, 5) is 0. The van der Waals surface area contributed by atoms with Gasteiger partial charge in [0.1, 0.15) is 0 Å². The van der Waals surface area contributed by atoms with Gasteiger partial charge in [-0.3, -0.25) is 0 Å². The van der Waals surface area contributed by atoms with Crippen LogP contribution in [0.25, 0.3) is 0 Å². The molecule has 6 N–H and O–H groups in total. The number of hydrogen-bond acceptors (Lipinski definition) is 4. The zero-order valence-corrected chi connectivity index (χ0v) is 16.9. The van der Waals surface area contributed by atoms with Gasteiger partial charge >= 0.3 is 0 Å². The molecule has 27 heavy (non-hydrogen) atoms. The Labute approximate surface area is 163 Å². The number of anilines is 4. The Kier molecular flexibility index (Phi) is 7.13. The van der Waals surface area contributed by atoms with Gasteiger partial charge in [-0.15, -0.1) is 0 Å². The average molecular weight is 369 g/mol. The number of aryl methyl sites for hydroxylation is 2. The second-order valence-corrected chi connectivity index (χ2v) is 7.53. The molecule has 0 aliphatic rings. The lowest BCUT2D eigenvalue weighted by Gasteiger charge is -2.34. The van der Waals surface area contributed by atoms with Gasteiger partial charge in [-0.2, -0.15) is 0 Å². The molecule has 0 aromatic heterocycles. The van der Waals surface area contributed by atoms with Crippen LogP contribution in [0.4, 0.5) is 22.7 Å². The van der Waals surface area contributed by atoms with E-state index in [0.29, 0.717) is 0 Å². The predicted octanol–water partition coefficient (Wildman–Crippen LogP) is 3.62. The Bertz CT molecular complexity index is 712. The molecule has 5 nitrogen and oxygen atoms in total. The van der Waals surface area contributed by atoms with Crippen molar-refractivity contribution in [2.24, 2.45) is 0 Å². The summed E-state index contributed by atoms with van der Waals surface area (Å²) in [5.74, 6) is 0. The highest BCUT2D eigenvalue weighted by Crippen LogP contribution is 2.17. The summed E-state index contributed by atoms with van der Waals surface area (Å²) in [7, 11) is 2.27. The Morgan fingerprint density at radius 2 is 1.33 bits per heavy atom. The Morgan fingerprint density at radius 3 is 1.70 bits per heavy atom. The van der Waals surface area contributed by atoms with E-state index in [2.05, 4.69) is 36.4 Å². The molecule has 0 fully saturated rings. The molecule has 0 unspecified atom stereocenters. The van der Waals surface area contributed by atoms with Crippen molar-refractivity contribution in [3.63, 3.8) is 0 Å². The molecule has 0 heterocycles. The Hall–Kier alpha value is -2.66. The standard InChI is InChI=1S/C22H34N5/c1-5-12-27(4,13-10-25-19-6-8-21(23)17(2)15-19)14-11-26-20-7-9-22(24)18(3)16-20/h5-9,15-16,25-26H,1,10-14,23-24H2,2-4H3/q+1. The van der Waals surface area contributed by atoms with E-state index < -0.39 is 0 Å². The van der Waals surface area contributed by atoms with Crippen LogP contribution < -0.4 is 22.1 Å². The first-order chi connectivity index (χ1) is 12.8. The van der Waals surface area contributed by atoms with E-state index in [1.54, 1.807) is 0 Å². The van der Waals surface area contributed by atoms with Crippen LogP contribution in [0.3, 0.4) is 0 Å². The van der Waals surface area contributed by atoms with Gasteiger partial charge < -0.3 is 26.6 Å². The van der Waals surface area contributed by atoms with E-state index in [1.165, 1.54) is 0 Å². The van der Waals surface area contributed by atoms with Crippen LogP contribution in [-0.2, 0) is 0 Å². The van der Waals surface area contributed by atoms with Gasteiger partial charge in [-0.1, -0.05) is 6.58 Å². The highest BCUT2D eigenvalue weighted by Gasteiger charge is 2.19. The van der Waals surface area contributed by atoms with Gasteiger partial charge in [0, 0.05) is 22.7 Å². The van der Waals surface area contributed by atoms with Crippen LogP contribution in [0.15, 0.2) is 49.1 Å². The lowest BCUT2D eigenvalue weighted by Crippen LogP contribution is -2.49. The number of quaternary nitrogens is 1. The Balaban J connectivity index is 1.86. The third kappa shape index (κ3) is 6.22. The smallest absolute Gasteiger partial charge is 0.0970 e. The SMILES string of the molecule is C=CC[N+](C)(CCNc1ccc(N)c(C)c1)CCNc1ccc(N)c(C)c1. The molecular weight excluding hydrogens is 334 g/mol. The Morgan fingerprint density at radius 1 is 0.889 bits per heavy atom. The maximum Gasteiger partial charge on any atom is 0.0970 e. The van der Waals surface area contributed by atoms with Crippen molar-refractivity contribution in [2.45, 2.75) is 13.8 Å². The third-order valence-electron chi connectivity index (χ3n) is 5.07. The number of nitrogens with zero attached hydrogens (tertiary/aromatic N) is 1. The number of likely N-dealkylation sites (N-methyl/N-ethyl adjacent to an activating group) is 1. The van der Waals surface area contributed by atoms with E-state index >= 15 is 0 Å². The van der Waals surface area contributed by atoms with Crippen LogP contribution in [0, 0.1) is 13.8 Å². The molecule has 2 aromatic carbocycles. The fourth-order valence-corrected chi connectivity index (χ4v) is 3.12. The number of nitrogens with one attached hydrogen (secondary N) is 2. The first-order valence-electron chi connectivity index (χ1n) is 9.47. The summed E-state index contributed by atoms with van der Waals surface area (Å²) in [6.07, 6.45) is 2.00. The average Bonchev–Trinajstić information content (AvgIpc) is 2.61. The summed E-state index contributed by atoms with van der Waals surface area (Å²) >= 11 is 0. The van der Waals surface area contributed by atoms with E-state index in [1.807, 2.05) is 44.2 Å². The molecule has 2 aromatic rings. The molecule has 0 amide bonds. The minimum atomic E-state index is 0.830. The lowest BCUT2D eigenvalue weighted by molar-refractivity contribution is -0.900. The van der Waals surface area contributed by atoms with Gasteiger partial charge in [0.05, 0.1) is 39.8 Å². The summed E-state index contributed by atoms with van der Waals surface area (Å²) in [6, 6.07) is 12.2. The predicted molar refractivity (Wildman–Crippen MR) is 119 cm³/mol. The molecule has 0 saturated heterocycles. The van der Waals surface area contributed by atoms with Crippen molar-refractivity contribution in [2.75, 3.05) is 61.9 Å². The van der Waals surface area contributed by atoms with Gasteiger partial charge in [-0.05, 0) is 67.4 Å². The fraction of sp³-hybridized carbons (Fsp3) is 0.364. The summed E-state index contributed by atoms with van der Waals surface area (Å²) in [6.45, 7) is 12.8. The van der Waals surface area contributed by atoms with Crippen molar-refractivity contribution in [1.82, 2.24) is 0 Å². The minimum absolute atomic E-state index is 0.830. The zero-order chi connectivity index (χ0) is 19.9. The fourth-order valence-electron chi connectivity index (χ4n) is 3.12. The van der Waals surface area contributed by atoms with E-state index in [0.717, 1.165) is 71.1 Å². The van der Waals surface area contributed by atoms with E-state index in [9.17, 15) is 0 Å². The first-order valence-corrected chi connectivity index (χ1v) is 9.47. The maximum absolute atomic E-state index is 5.89. The third-order valence-corrected chi connectivity index (χ3v) is 5.07. The molecule has 0 aliphatic carbocycles. The molecule has 5 heteroatoms. The molecule has 0 bridgehead atoms. The largest absolute Gasteiger partial charge is 0.399 e. The van der Waals surface area contributed by atoms with Crippen LogP contribution >= 0.6 is 0 Å². The van der Waals surface area contributed by atoms with Crippen molar-refractivity contribution in [1.29, 1.82) is 0 Å². The first kappa shape index (κ1) is 20.6. The van der Waals surface area contributed by atoms with Gasteiger partial charge in [0.2, 0.25) is 0 Å². The topological polar surface area (TPSA) is 76.1 Å². The van der Waals surface area contributed by atoms with E-state index in [4.69, 9.17) is 11.5 Å². The summed E-state index contributed by atoms with van der Waals surface area (Å²) < 4.78 is 0.922. The second-order valence-electron chi connectivity index (χ2n) is 7.53. The van der Waals surface area contributed by atoms with Crippen LogP contribution in [0.1, 0.15) is 11.1 Å². The van der Waals surface area contributed by atoms with E-state index in [-0.39, 0.29) is 0 Å². The minimum Gasteiger partial charge on any atom is -0.399 e. The van der Waals surface area contributed by atoms with Gasteiger partial charge in [0.15, 0.2) is 0 Å². The van der Waals surface area contributed by atoms with Gasteiger partial charge in [-0.25, -0.2) is 0 Å². The van der Waals surface area contributed by atoms with Crippen LogP contribution in [0.2, 0.25) is 0 Å². The summed E-state index contributed by atoms with van der Waals surface area (Å²) in [5.41, 5.74) is 17.9. The molecule has 0 spiro atoms. The molecular formula is C22H34N5+. The number of benzene rings is 2. The highest BCUT2D eigenvalue weighted by atomic mass is 15.3. The quantitative estimate of drug-likeness (QED) is 0.293. The summed E-state index contributed by atoms with van der Waals surface area (Å²) in [5, 5.41) is 7.02. The van der Waals surface area contributed by atoms with Crippen molar-refractivity contribution < 1.29 is 4.48 Å². The number of hydrogen-bond donors (Lipinski definition) is 4. The molecule has 146 valence electrons. The molecule has 0 aliphatic heterocycles. The number of rotatable bonds is 10. The number of nitrogen functional groups attached to an aromatic ring is 2. The van der Waals surface area contributed by atoms with Gasteiger partial charge in [0.25, 0.3) is 0 Å². The van der Waals surface area contributed by atoms with Crippen molar-refractivity contribution >= 4 is 22.7 Å².